The molecule has 0 amide bonds. The standard InChI is InChI=1S/C9H17NO2S/c1-2-8-13-9-4-10-3-6-12-7-5-11/h1,10-11H,3-9H2. The summed E-state index contributed by atoms with van der Waals surface area (Å²) in [5.74, 6) is 4.38. The van der Waals surface area contributed by atoms with Gasteiger partial charge in [0.15, 0.2) is 0 Å². The van der Waals surface area contributed by atoms with E-state index in [1.54, 1.807) is 11.8 Å². The minimum absolute atomic E-state index is 0.0953. The van der Waals surface area contributed by atoms with Crippen molar-refractivity contribution in [3.8, 4) is 12.3 Å². The van der Waals surface area contributed by atoms with Gasteiger partial charge in [-0.3, -0.25) is 0 Å². The average Bonchev–Trinajstić information content (AvgIpc) is 2.16. The van der Waals surface area contributed by atoms with E-state index in [0.29, 0.717) is 13.2 Å². The molecule has 0 saturated carbocycles. The predicted octanol–water partition coefficient (Wildman–Crippen LogP) is -0.0487. The Labute approximate surface area is 84.2 Å². The summed E-state index contributed by atoms with van der Waals surface area (Å²) in [6.07, 6.45) is 5.09. The zero-order chi connectivity index (χ0) is 9.78. The number of nitrogens with one attached hydrogen (secondary N) is 1. The molecule has 0 heterocycles. The molecule has 3 nitrogen and oxygen atoms in total. The fourth-order valence-electron chi connectivity index (χ4n) is 0.711. The minimum atomic E-state index is 0.0953. The highest BCUT2D eigenvalue weighted by molar-refractivity contribution is 7.99. The highest BCUT2D eigenvalue weighted by atomic mass is 32.2. The number of thioether (sulfide) groups is 1. The van der Waals surface area contributed by atoms with Gasteiger partial charge < -0.3 is 15.2 Å². The molecule has 0 aromatic carbocycles. The highest BCUT2D eigenvalue weighted by Crippen LogP contribution is 1.94. The summed E-state index contributed by atoms with van der Waals surface area (Å²) < 4.78 is 5.06. The van der Waals surface area contributed by atoms with Crippen LogP contribution in [0.1, 0.15) is 0 Å². The van der Waals surface area contributed by atoms with Crippen molar-refractivity contribution in [2.75, 3.05) is 44.4 Å². The molecule has 13 heavy (non-hydrogen) atoms. The van der Waals surface area contributed by atoms with Crippen molar-refractivity contribution in [1.29, 1.82) is 0 Å². The van der Waals surface area contributed by atoms with Gasteiger partial charge in [0.05, 0.1) is 25.6 Å². The average molecular weight is 203 g/mol. The lowest BCUT2D eigenvalue weighted by atomic mass is 10.6. The Bertz CT molecular complexity index is 136. The van der Waals surface area contributed by atoms with Crippen LogP contribution in [0.5, 0.6) is 0 Å². The summed E-state index contributed by atoms with van der Waals surface area (Å²) >= 11 is 1.74. The fraction of sp³-hybridized carbons (Fsp3) is 0.778. The molecule has 0 atom stereocenters. The van der Waals surface area contributed by atoms with Crippen molar-refractivity contribution in [1.82, 2.24) is 5.32 Å². The maximum absolute atomic E-state index is 8.40. The SMILES string of the molecule is C#CCSCCNCCOCCO. The quantitative estimate of drug-likeness (QED) is 0.407. The first kappa shape index (κ1) is 12.8. The van der Waals surface area contributed by atoms with E-state index in [-0.39, 0.29) is 6.61 Å². The monoisotopic (exact) mass is 203 g/mol. The summed E-state index contributed by atoms with van der Waals surface area (Å²) in [6, 6.07) is 0. The number of terminal acetylenes is 1. The summed E-state index contributed by atoms with van der Waals surface area (Å²) in [5, 5.41) is 11.6. The number of aliphatic hydroxyl groups excluding tert-OH is 1. The molecule has 4 heteroatoms. The van der Waals surface area contributed by atoms with Gasteiger partial charge in [-0.1, -0.05) is 5.92 Å². The second-order valence-electron chi connectivity index (χ2n) is 2.34. The molecule has 0 spiro atoms. The fourth-order valence-corrected chi connectivity index (χ4v) is 1.26. The van der Waals surface area contributed by atoms with E-state index < -0.39 is 0 Å². The van der Waals surface area contributed by atoms with Gasteiger partial charge in [-0.2, -0.15) is 0 Å². The van der Waals surface area contributed by atoms with Crippen molar-refractivity contribution in [3.05, 3.63) is 0 Å². The molecule has 0 rings (SSSR count). The maximum atomic E-state index is 8.40. The Balaban J connectivity index is 2.80. The second-order valence-corrected chi connectivity index (χ2v) is 3.45. The van der Waals surface area contributed by atoms with Crippen molar-refractivity contribution < 1.29 is 9.84 Å². The summed E-state index contributed by atoms with van der Waals surface area (Å²) in [7, 11) is 0. The van der Waals surface area contributed by atoms with Crippen LogP contribution in [0, 0.1) is 12.3 Å². The zero-order valence-electron chi connectivity index (χ0n) is 7.79. The molecule has 0 aromatic heterocycles. The molecule has 0 aliphatic rings. The van der Waals surface area contributed by atoms with Gasteiger partial charge in [-0.15, -0.1) is 18.2 Å². The molecule has 0 aliphatic heterocycles. The third-order valence-corrected chi connectivity index (χ3v) is 2.13. The van der Waals surface area contributed by atoms with E-state index in [4.69, 9.17) is 16.3 Å². The van der Waals surface area contributed by atoms with Gasteiger partial charge in [0.2, 0.25) is 0 Å². The van der Waals surface area contributed by atoms with Crippen molar-refractivity contribution in [2.45, 2.75) is 0 Å². The molecular formula is C9H17NO2S. The van der Waals surface area contributed by atoms with E-state index in [1.807, 2.05) is 0 Å². The van der Waals surface area contributed by atoms with Crippen LogP contribution in [0.15, 0.2) is 0 Å². The van der Waals surface area contributed by atoms with E-state index in [0.717, 1.165) is 24.6 Å². The van der Waals surface area contributed by atoms with Crippen LogP contribution in [-0.4, -0.2) is 49.5 Å². The van der Waals surface area contributed by atoms with E-state index in [1.165, 1.54) is 0 Å². The van der Waals surface area contributed by atoms with E-state index in [2.05, 4.69) is 11.2 Å². The smallest absolute Gasteiger partial charge is 0.0698 e. The Hall–Kier alpha value is -0.210. The maximum Gasteiger partial charge on any atom is 0.0698 e. The van der Waals surface area contributed by atoms with Gasteiger partial charge in [-0.05, 0) is 0 Å². The van der Waals surface area contributed by atoms with Gasteiger partial charge in [0.25, 0.3) is 0 Å². The van der Waals surface area contributed by atoms with E-state index in [9.17, 15) is 0 Å². The minimum Gasteiger partial charge on any atom is -0.394 e. The lowest BCUT2D eigenvalue weighted by molar-refractivity contribution is 0.0942. The Morgan fingerprint density at radius 2 is 2.23 bits per heavy atom. The van der Waals surface area contributed by atoms with Gasteiger partial charge >= 0.3 is 0 Å². The third kappa shape index (κ3) is 11.8. The number of hydrogen-bond donors (Lipinski definition) is 2. The topological polar surface area (TPSA) is 41.5 Å². The number of ether oxygens (including phenoxy) is 1. The van der Waals surface area contributed by atoms with Crippen LogP contribution in [0.2, 0.25) is 0 Å². The Morgan fingerprint density at radius 1 is 1.38 bits per heavy atom. The third-order valence-electron chi connectivity index (χ3n) is 1.27. The molecule has 0 fully saturated rings. The lowest BCUT2D eigenvalue weighted by Crippen LogP contribution is -2.22. The number of aliphatic hydroxyl groups is 1. The largest absolute Gasteiger partial charge is 0.394 e. The van der Waals surface area contributed by atoms with Crippen molar-refractivity contribution in [2.24, 2.45) is 0 Å². The predicted molar refractivity (Wildman–Crippen MR) is 56.9 cm³/mol. The van der Waals surface area contributed by atoms with Gasteiger partial charge in [0.1, 0.15) is 0 Å². The molecule has 0 aliphatic carbocycles. The highest BCUT2D eigenvalue weighted by Gasteiger charge is 1.88. The number of hydrogen-bond acceptors (Lipinski definition) is 4. The summed E-state index contributed by atoms with van der Waals surface area (Å²) in [5.41, 5.74) is 0. The first-order valence-electron chi connectivity index (χ1n) is 4.32. The van der Waals surface area contributed by atoms with Crippen LogP contribution in [-0.2, 0) is 4.74 Å². The first-order chi connectivity index (χ1) is 6.41. The Morgan fingerprint density at radius 3 is 2.92 bits per heavy atom. The molecule has 0 bridgehead atoms. The normalized spacial score (nSPS) is 9.85. The molecule has 2 N–H and O–H groups in total. The van der Waals surface area contributed by atoms with E-state index >= 15 is 0 Å². The molecule has 0 radical (unpaired) electrons. The van der Waals surface area contributed by atoms with Gasteiger partial charge in [-0.25, -0.2) is 0 Å². The van der Waals surface area contributed by atoms with Crippen LogP contribution in [0.25, 0.3) is 0 Å². The molecular weight excluding hydrogens is 186 g/mol. The van der Waals surface area contributed by atoms with Crippen molar-refractivity contribution in [3.63, 3.8) is 0 Å². The summed E-state index contributed by atoms with van der Waals surface area (Å²) in [6.45, 7) is 2.96. The van der Waals surface area contributed by atoms with Gasteiger partial charge in [0, 0.05) is 18.8 Å². The zero-order valence-corrected chi connectivity index (χ0v) is 8.61. The first-order valence-corrected chi connectivity index (χ1v) is 5.47. The molecule has 0 unspecified atom stereocenters. The molecule has 0 aromatic rings. The Kier molecular flexibility index (Phi) is 11.6. The molecule has 0 saturated heterocycles. The van der Waals surface area contributed by atoms with Crippen LogP contribution in [0.4, 0.5) is 0 Å². The lowest BCUT2D eigenvalue weighted by Gasteiger charge is -2.03. The number of rotatable bonds is 9. The van der Waals surface area contributed by atoms with Crippen LogP contribution in [0.3, 0.4) is 0 Å². The second kappa shape index (κ2) is 11.8. The van der Waals surface area contributed by atoms with Crippen LogP contribution >= 0.6 is 11.8 Å². The van der Waals surface area contributed by atoms with Crippen molar-refractivity contribution >= 4 is 11.8 Å². The molecule has 76 valence electrons. The van der Waals surface area contributed by atoms with Crippen LogP contribution < -0.4 is 5.32 Å². The summed E-state index contributed by atoms with van der Waals surface area (Å²) in [4.78, 5) is 0.